The summed E-state index contributed by atoms with van der Waals surface area (Å²) in [6, 6.07) is 7.31. The summed E-state index contributed by atoms with van der Waals surface area (Å²) in [4.78, 5) is 16.5. The maximum absolute atomic E-state index is 11.4. The predicted molar refractivity (Wildman–Crippen MR) is 59.5 cm³/mol. The highest BCUT2D eigenvalue weighted by atomic mass is 35.5. The second-order valence-corrected chi connectivity index (χ2v) is 3.42. The van der Waals surface area contributed by atoms with Crippen molar-refractivity contribution in [1.82, 2.24) is 4.73 Å². The molecule has 15 heavy (non-hydrogen) atoms. The molecule has 78 valence electrons. The van der Waals surface area contributed by atoms with Crippen molar-refractivity contribution in [1.29, 1.82) is 0 Å². The van der Waals surface area contributed by atoms with Gasteiger partial charge in [-0.1, -0.05) is 0 Å². The lowest BCUT2D eigenvalue weighted by molar-refractivity contribution is 0.102. The van der Waals surface area contributed by atoms with Gasteiger partial charge in [0.05, 0.1) is 11.4 Å². The summed E-state index contributed by atoms with van der Waals surface area (Å²) < 4.78 is 1.64. The zero-order valence-electron chi connectivity index (χ0n) is 8.24. The number of carbonyl (C=O) groups is 1. The summed E-state index contributed by atoms with van der Waals surface area (Å²) in [5, 5.41) is 0.966. The summed E-state index contributed by atoms with van der Waals surface area (Å²) in [5.41, 5.74) is 1.56. The Morgan fingerprint density at radius 2 is 2.27 bits per heavy atom. The normalized spacial score (nSPS) is 10.5. The van der Waals surface area contributed by atoms with Crippen molar-refractivity contribution in [3.8, 4) is 0 Å². The molecule has 0 amide bonds. The summed E-state index contributed by atoms with van der Waals surface area (Å²) in [6.45, 7) is 0. The molecule has 0 aliphatic carbocycles. The van der Waals surface area contributed by atoms with Gasteiger partial charge >= 0.3 is 0 Å². The van der Waals surface area contributed by atoms with E-state index < -0.39 is 0 Å². The monoisotopic (exact) mass is 223 g/mol. The molecule has 2 aromatic rings. The van der Waals surface area contributed by atoms with Crippen molar-refractivity contribution in [2.45, 2.75) is 0 Å². The molecule has 4 heteroatoms. The Morgan fingerprint density at radius 3 is 2.93 bits per heavy atom. The molecule has 1 aromatic heterocycles. The number of carbonyl (C=O) groups excluding carboxylic acids is 1. The summed E-state index contributed by atoms with van der Waals surface area (Å²) in [6.07, 6.45) is 1.81. The molecular formula is C11H10ClNO2. The summed E-state index contributed by atoms with van der Waals surface area (Å²) >= 11 is 5.49. The SMILES string of the molecule is COn1ccc2cc(C(=O)CCl)ccc21. The van der Waals surface area contributed by atoms with Gasteiger partial charge in [-0.3, -0.25) is 4.79 Å². The van der Waals surface area contributed by atoms with E-state index in [1.54, 1.807) is 24.1 Å². The van der Waals surface area contributed by atoms with Crippen LogP contribution in [0.1, 0.15) is 10.4 Å². The van der Waals surface area contributed by atoms with Crippen LogP contribution in [0.4, 0.5) is 0 Å². The fourth-order valence-electron chi connectivity index (χ4n) is 1.53. The van der Waals surface area contributed by atoms with E-state index in [0.717, 1.165) is 10.9 Å². The molecule has 3 nitrogen and oxygen atoms in total. The van der Waals surface area contributed by atoms with Gasteiger partial charge < -0.3 is 4.84 Å². The quantitative estimate of drug-likeness (QED) is 0.590. The minimum absolute atomic E-state index is 0.0104. The maximum atomic E-state index is 11.4. The third-order valence-corrected chi connectivity index (χ3v) is 2.54. The molecule has 1 heterocycles. The average Bonchev–Trinajstić information content (AvgIpc) is 2.69. The first-order valence-electron chi connectivity index (χ1n) is 4.51. The summed E-state index contributed by atoms with van der Waals surface area (Å²) in [7, 11) is 1.59. The number of halogens is 1. The van der Waals surface area contributed by atoms with Crippen LogP contribution in [-0.4, -0.2) is 23.5 Å². The van der Waals surface area contributed by atoms with Gasteiger partial charge in [-0.05, 0) is 24.3 Å². The summed E-state index contributed by atoms with van der Waals surface area (Å²) in [5.74, 6) is -0.0556. The molecule has 0 saturated heterocycles. The lowest BCUT2D eigenvalue weighted by Crippen LogP contribution is -2.03. The number of hydrogen-bond acceptors (Lipinski definition) is 2. The Bertz CT molecular complexity index is 504. The predicted octanol–water partition coefficient (Wildman–Crippen LogP) is 2.12. The highest BCUT2D eigenvalue weighted by Gasteiger charge is 2.07. The van der Waals surface area contributed by atoms with Crippen LogP contribution in [0.25, 0.3) is 10.9 Å². The number of ketones is 1. The molecule has 1 aromatic carbocycles. The number of rotatable bonds is 3. The van der Waals surface area contributed by atoms with Crippen LogP contribution >= 0.6 is 11.6 Å². The van der Waals surface area contributed by atoms with Gasteiger partial charge in [0.25, 0.3) is 0 Å². The van der Waals surface area contributed by atoms with E-state index >= 15 is 0 Å². The number of alkyl halides is 1. The lowest BCUT2D eigenvalue weighted by atomic mass is 10.1. The number of Topliss-reactive ketones (excluding diaryl/α,β-unsaturated/α-hetero) is 1. The standard InChI is InChI=1S/C11H10ClNO2/c1-15-13-5-4-8-6-9(11(14)7-12)2-3-10(8)13/h2-6H,7H2,1H3. The smallest absolute Gasteiger partial charge is 0.177 e. The first-order chi connectivity index (χ1) is 7.26. The first-order valence-corrected chi connectivity index (χ1v) is 5.04. The molecule has 0 bridgehead atoms. The molecule has 0 unspecified atom stereocenters. The van der Waals surface area contributed by atoms with E-state index in [-0.39, 0.29) is 11.7 Å². The van der Waals surface area contributed by atoms with E-state index in [1.165, 1.54) is 0 Å². The molecule has 0 fully saturated rings. The molecular weight excluding hydrogens is 214 g/mol. The molecule has 2 rings (SSSR count). The highest BCUT2D eigenvalue weighted by Crippen LogP contribution is 2.17. The second kappa shape index (κ2) is 3.95. The van der Waals surface area contributed by atoms with Crippen molar-refractivity contribution >= 4 is 28.3 Å². The molecule has 0 saturated carbocycles. The van der Waals surface area contributed by atoms with E-state index in [4.69, 9.17) is 16.4 Å². The zero-order chi connectivity index (χ0) is 10.8. The minimum Gasteiger partial charge on any atom is -0.417 e. The number of nitrogens with zero attached hydrogens (tertiary/aromatic N) is 1. The van der Waals surface area contributed by atoms with Gasteiger partial charge in [0.1, 0.15) is 7.11 Å². The third kappa shape index (κ3) is 1.70. The number of aromatic nitrogens is 1. The molecule has 0 aliphatic rings. The van der Waals surface area contributed by atoms with E-state index in [9.17, 15) is 4.79 Å². The van der Waals surface area contributed by atoms with Crippen molar-refractivity contribution in [2.75, 3.05) is 13.0 Å². The van der Waals surface area contributed by atoms with Crippen LogP contribution in [0, 0.1) is 0 Å². The van der Waals surface area contributed by atoms with Crippen LogP contribution < -0.4 is 4.84 Å². The Hall–Kier alpha value is -1.48. The zero-order valence-corrected chi connectivity index (χ0v) is 8.99. The minimum atomic E-state index is -0.0660. The van der Waals surface area contributed by atoms with Crippen molar-refractivity contribution in [3.05, 3.63) is 36.0 Å². The van der Waals surface area contributed by atoms with Crippen LogP contribution in [0.2, 0.25) is 0 Å². The molecule has 0 N–H and O–H groups in total. The van der Waals surface area contributed by atoms with E-state index in [0.29, 0.717) is 5.56 Å². The van der Waals surface area contributed by atoms with Gasteiger partial charge in [0.2, 0.25) is 0 Å². The van der Waals surface area contributed by atoms with Gasteiger partial charge in [0, 0.05) is 17.1 Å². The molecule has 0 aliphatic heterocycles. The van der Waals surface area contributed by atoms with Gasteiger partial charge in [-0.15, -0.1) is 11.6 Å². The number of benzene rings is 1. The average molecular weight is 224 g/mol. The van der Waals surface area contributed by atoms with E-state index in [1.807, 2.05) is 18.2 Å². The van der Waals surface area contributed by atoms with Gasteiger partial charge in [-0.25, -0.2) is 0 Å². The topological polar surface area (TPSA) is 31.2 Å². The number of hydrogen-bond donors (Lipinski definition) is 0. The fraction of sp³-hybridized carbons (Fsp3) is 0.182. The lowest BCUT2D eigenvalue weighted by Gasteiger charge is -2.02. The number of fused-ring (bicyclic) bond motifs is 1. The fourth-order valence-corrected chi connectivity index (χ4v) is 1.68. The van der Waals surface area contributed by atoms with Crippen molar-refractivity contribution < 1.29 is 9.63 Å². The van der Waals surface area contributed by atoms with Crippen LogP contribution in [0.15, 0.2) is 30.5 Å². The van der Waals surface area contributed by atoms with Gasteiger partial charge in [0.15, 0.2) is 5.78 Å². The van der Waals surface area contributed by atoms with Crippen LogP contribution in [0.3, 0.4) is 0 Å². The van der Waals surface area contributed by atoms with Crippen LogP contribution in [0.5, 0.6) is 0 Å². The molecule has 0 spiro atoms. The molecule has 0 atom stereocenters. The Morgan fingerprint density at radius 1 is 1.47 bits per heavy atom. The maximum Gasteiger partial charge on any atom is 0.177 e. The third-order valence-electron chi connectivity index (χ3n) is 2.29. The Balaban J connectivity index is 2.53. The Kier molecular flexibility index (Phi) is 2.64. The largest absolute Gasteiger partial charge is 0.417 e. The Labute approximate surface area is 92.2 Å². The van der Waals surface area contributed by atoms with Crippen molar-refractivity contribution in [2.24, 2.45) is 0 Å². The van der Waals surface area contributed by atoms with E-state index in [2.05, 4.69) is 0 Å². The second-order valence-electron chi connectivity index (χ2n) is 3.15. The van der Waals surface area contributed by atoms with Crippen molar-refractivity contribution in [3.63, 3.8) is 0 Å². The highest BCUT2D eigenvalue weighted by molar-refractivity contribution is 6.30. The first kappa shape index (κ1) is 10.1. The van der Waals surface area contributed by atoms with Gasteiger partial charge in [-0.2, -0.15) is 4.73 Å². The molecule has 0 radical (unpaired) electrons. The van der Waals surface area contributed by atoms with Crippen LogP contribution in [-0.2, 0) is 0 Å².